The summed E-state index contributed by atoms with van der Waals surface area (Å²) in [5, 5.41) is -1.28. The second kappa shape index (κ2) is 6.05. The van der Waals surface area contributed by atoms with Gasteiger partial charge >= 0.3 is 0 Å². The molecular formula is C24H16ClN. The van der Waals surface area contributed by atoms with Crippen LogP contribution in [0.1, 0.15) is 21.9 Å². The van der Waals surface area contributed by atoms with Gasteiger partial charge in [-0.1, -0.05) is 78.1 Å². The second-order valence-corrected chi connectivity index (χ2v) is 5.57. The molecule has 5 aromatic rings. The van der Waals surface area contributed by atoms with Crippen molar-refractivity contribution in [2.75, 3.05) is 0 Å². The van der Waals surface area contributed by atoms with Crippen LogP contribution in [0, 0.1) is 0 Å². The Morgan fingerprint density at radius 3 is 2.15 bits per heavy atom. The Morgan fingerprint density at radius 1 is 0.615 bits per heavy atom. The van der Waals surface area contributed by atoms with Crippen LogP contribution in [0.5, 0.6) is 0 Å². The van der Waals surface area contributed by atoms with Gasteiger partial charge in [0, 0.05) is 27.0 Å². The fourth-order valence-electron chi connectivity index (χ4n) is 2.81. The first-order chi connectivity index (χ1) is 19.5. The van der Waals surface area contributed by atoms with Crippen LogP contribution in [-0.2, 0) is 0 Å². The predicted molar refractivity (Wildman–Crippen MR) is 111 cm³/mol. The summed E-state index contributed by atoms with van der Waals surface area (Å²) < 4.78 is 135. The molecule has 124 valence electrons. The number of para-hydroxylation sites is 2. The molecule has 5 rings (SSSR count). The number of rotatable bonds is 2. The molecule has 1 aromatic heterocycles. The smallest absolute Gasteiger partial charge is 0.0645 e. The van der Waals surface area contributed by atoms with E-state index in [4.69, 9.17) is 33.5 Å². The van der Waals surface area contributed by atoms with Gasteiger partial charge in [-0.15, -0.1) is 0 Å². The number of halogens is 1. The Morgan fingerprint density at radius 2 is 1.27 bits per heavy atom. The van der Waals surface area contributed by atoms with E-state index in [1.807, 2.05) is 0 Å². The predicted octanol–water partition coefficient (Wildman–Crippen LogP) is 7.10. The third kappa shape index (κ3) is 2.25. The molecular weight excluding hydrogens is 338 g/mol. The standard InChI is InChI=1S/C24H16ClN/c25-21-14-6-4-11-18(21)19-13-8-16-23-24(19)20-12-5-7-15-22(20)26(23)17-9-2-1-3-10-17/h1-16H/i1D,2D,3D,4D,5D,6D,7D,8D,9D,10D,11D,12D,13D,14D,15D,16D. The molecule has 0 atom stereocenters. The summed E-state index contributed by atoms with van der Waals surface area (Å²) in [6.45, 7) is 0. The third-order valence-corrected chi connectivity index (χ3v) is 4.11. The van der Waals surface area contributed by atoms with Crippen LogP contribution in [0.4, 0.5) is 0 Å². The minimum atomic E-state index is -0.798. The lowest BCUT2D eigenvalue weighted by molar-refractivity contribution is 1.18. The minimum absolute atomic E-state index is 0.346. The molecule has 26 heavy (non-hydrogen) atoms. The Labute approximate surface area is 179 Å². The molecule has 0 bridgehead atoms. The van der Waals surface area contributed by atoms with Gasteiger partial charge in [0.25, 0.3) is 0 Å². The molecule has 0 saturated carbocycles. The van der Waals surface area contributed by atoms with E-state index in [0.717, 1.165) is 4.57 Å². The lowest BCUT2D eigenvalue weighted by atomic mass is 9.99. The molecule has 0 saturated heterocycles. The first kappa shape index (κ1) is 6.00. The van der Waals surface area contributed by atoms with Crippen molar-refractivity contribution in [1.82, 2.24) is 4.57 Å². The van der Waals surface area contributed by atoms with Crippen LogP contribution in [0.25, 0.3) is 38.6 Å². The van der Waals surface area contributed by atoms with Gasteiger partial charge in [-0.3, -0.25) is 0 Å². The van der Waals surface area contributed by atoms with Crippen molar-refractivity contribution in [3.05, 3.63) is 102 Å². The van der Waals surface area contributed by atoms with Gasteiger partial charge in [0.15, 0.2) is 0 Å². The molecule has 0 aliphatic rings. The monoisotopic (exact) mass is 369 g/mol. The van der Waals surface area contributed by atoms with E-state index < -0.39 is 130 Å². The molecule has 0 aliphatic carbocycles. The first-order valence-electron chi connectivity index (χ1n) is 15.4. The molecule has 1 heterocycles. The van der Waals surface area contributed by atoms with Crippen LogP contribution >= 0.6 is 11.6 Å². The third-order valence-electron chi connectivity index (χ3n) is 3.82. The van der Waals surface area contributed by atoms with Crippen molar-refractivity contribution in [2.45, 2.75) is 0 Å². The van der Waals surface area contributed by atoms with E-state index in [2.05, 4.69) is 0 Å². The molecule has 2 heteroatoms. The zero-order valence-electron chi connectivity index (χ0n) is 28.8. The number of hydrogen-bond donors (Lipinski definition) is 0. The molecule has 0 radical (unpaired) electrons. The molecule has 0 spiro atoms. The summed E-state index contributed by atoms with van der Waals surface area (Å²) in [5.74, 6) is 0. The zero-order valence-corrected chi connectivity index (χ0v) is 13.6. The van der Waals surface area contributed by atoms with Gasteiger partial charge in [0.2, 0.25) is 0 Å². The molecule has 1 nitrogen and oxygen atoms in total. The lowest BCUT2D eigenvalue weighted by Gasteiger charge is -2.09. The van der Waals surface area contributed by atoms with Crippen molar-refractivity contribution in [3.63, 3.8) is 0 Å². The quantitative estimate of drug-likeness (QED) is 0.312. The van der Waals surface area contributed by atoms with Crippen LogP contribution in [0.15, 0.2) is 96.7 Å². The average Bonchev–Trinajstić information content (AvgIpc) is 3.31. The largest absolute Gasteiger partial charge is 0.309 e. The summed E-state index contributed by atoms with van der Waals surface area (Å²) in [6, 6.07) is -11.9. The highest BCUT2D eigenvalue weighted by atomic mass is 35.5. The maximum absolute atomic E-state index is 8.79. The highest BCUT2D eigenvalue weighted by Gasteiger charge is 2.16. The van der Waals surface area contributed by atoms with Crippen LogP contribution < -0.4 is 0 Å². The molecule has 0 fully saturated rings. The number of hydrogen-bond acceptors (Lipinski definition) is 0. The SMILES string of the molecule is [2H]c1c([2H])c([2H])c(-n2c3c([2H])c([2H])c([2H])c([2H])c3c3c(-c4c([2H])c([2H])c([2H])c([2H])c4Cl)c([2H])c([2H])c([2H])c32)c([2H])c1[2H]. The van der Waals surface area contributed by atoms with Crippen molar-refractivity contribution >= 4 is 33.4 Å². The van der Waals surface area contributed by atoms with E-state index in [-0.39, 0.29) is 10.8 Å². The average molecular weight is 370 g/mol. The topological polar surface area (TPSA) is 4.93 Å². The van der Waals surface area contributed by atoms with Crippen molar-refractivity contribution in [3.8, 4) is 16.8 Å². The van der Waals surface area contributed by atoms with Crippen molar-refractivity contribution in [2.24, 2.45) is 0 Å². The molecule has 0 unspecified atom stereocenters. The second-order valence-electron chi connectivity index (χ2n) is 5.20. The molecule has 0 aliphatic heterocycles. The summed E-state index contributed by atoms with van der Waals surface area (Å²) in [7, 11) is 0. The Bertz CT molecular complexity index is 2010. The fraction of sp³-hybridized carbons (Fsp3) is 0. The molecule has 0 N–H and O–H groups in total. The van der Waals surface area contributed by atoms with Gasteiger partial charge in [-0.05, 0) is 35.8 Å². The van der Waals surface area contributed by atoms with Crippen molar-refractivity contribution < 1.29 is 21.9 Å². The van der Waals surface area contributed by atoms with E-state index in [1.165, 1.54) is 0 Å². The molecule has 4 aromatic carbocycles. The summed E-state index contributed by atoms with van der Waals surface area (Å²) in [4.78, 5) is 0. The van der Waals surface area contributed by atoms with E-state index in [9.17, 15) is 0 Å². The van der Waals surface area contributed by atoms with E-state index in [1.54, 1.807) is 0 Å². The summed E-state index contributed by atoms with van der Waals surface area (Å²) >= 11 is 6.40. The number of benzene rings is 4. The van der Waals surface area contributed by atoms with Crippen molar-refractivity contribution in [1.29, 1.82) is 0 Å². The van der Waals surface area contributed by atoms with Gasteiger partial charge in [-0.2, -0.15) is 0 Å². The highest BCUT2D eigenvalue weighted by Crippen LogP contribution is 2.40. The first-order valence-corrected chi connectivity index (χ1v) is 7.74. The zero-order chi connectivity index (χ0) is 31.4. The highest BCUT2D eigenvalue weighted by molar-refractivity contribution is 6.34. The van der Waals surface area contributed by atoms with Gasteiger partial charge in [-0.25, -0.2) is 0 Å². The Kier molecular flexibility index (Phi) is 1.40. The summed E-state index contributed by atoms with van der Waals surface area (Å²) in [6.07, 6.45) is 0. The maximum atomic E-state index is 8.79. The fourth-order valence-corrected chi connectivity index (χ4v) is 3.00. The van der Waals surface area contributed by atoms with Gasteiger partial charge in [0.05, 0.1) is 33.0 Å². The van der Waals surface area contributed by atoms with Crippen LogP contribution in [-0.4, -0.2) is 4.57 Å². The molecule has 0 amide bonds. The normalized spacial score (nSPS) is 19.9. The Balaban J connectivity index is 2.26. The van der Waals surface area contributed by atoms with E-state index >= 15 is 0 Å². The minimum Gasteiger partial charge on any atom is -0.309 e. The van der Waals surface area contributed by atoms with Gasteiger partial charge in [0.1, 0.15) is 0 Å². The Hall–Kier alpha value is -3.03. The lowest BCUT2D eigenvalue weighted by Crippen LogP contribution is -1.92. The number of nitrogens with zero attached hydrogens (tertiary/aromatic N) is 1. The number of aromatic nitrogens is 1. The maximum Gasteiger partial charge on any atom is 0.0645 e. The van der Waals surface area contributed by atoms with Gasteiger partial charge < -0.3 is 4.57 Å². The number of fused-ring (bicyclic) bond motifs is 3. The summed E-state index contributed by atoms with van der Waals surface area (Å²) in [5.41, 5.74) is -2.41. The van der Waals surface area contributed by atoms with E-state index in [0.29, 0.717) is 0 Å². The van der Waals surface area contributed by atoms with Crippen LogP contribution in [0.2, 0.25) is 5.02 Å². The van der Waals surface area contributed by atoms with Crippen LogP contribution in [0.3, 0.4) is 0 Å².